The molecule has 0 saturated heterocycles. The number of carbonyl (C=O) groups is 1. The van der Waals surface area contributed by atoms with Gasteiger partial charge in [0.15, 0.2) is 5.16 Å². The van der Waals surface area contributed by atoms with Crippen LogP contribution >= 0.6 is 11.8 Å². The van der Waals surface area contributed by atoms with Crippen molar-refractivity contribution in [2.24, 2.45) is 0 Å². The number of rotatable bonds is 5. The van der Waals surface area contributed by atoms with Gasteiger partial charge in [-0.05, 0) is 6.92 Å². The molecule has 1 heterocycles. The molecular weight excluding hydrogens is 242 g/mol. The first-order chi connectivity index (χ1) is 8.02. The number of anilines is 2. The molecule has 0 spiro atoms. The lowest BCUT2D eigenvalue weighted by Gasteiger charge is -2.10. The maximum absolute atomic E-state index is 11.2. The van der Waals surface area contributed by atoms with Crippen LogP contribution in [0, 0.1) is 0 Å². The van der Waals surface area contributed by atoms with E-state index in [1.807, 2.05) is 0 Å². The van der Waals surface area contributed by atoms with Crippen LogP contribution in [0.25, 0.3) is 0 Å². The molecule has 0 unspecified atom stereocenters. The van der Waals surface area contributed by atoms with Crippen molar-refractivity contribution >= 4 is 29.6 Å². The third kappa shape index (κ3) is 4.43. The van der Waals surface area contributed by atoms with E-state index >= 15 is 0 Å². The minimum absolute atomic E-state index is 0.134. The number of carbonyl (C=O) groups excluding carboxylic acids is 1. The molecule has 0 amide bonds. The van der Waals surface area contributed by atoms with Gasteiger partial charge in [0.1, 0.15) is 0 Å². The number of hydrogen-bond acceptors (Lipinski definition) is 8. The quantitative estimate of drug-likeness (QED) is 0.589. The molecule has 0 atom stereocenters. The Morgan fingerprint density at radius 3 is 2.71 bits per heavy atom. The van der Waals surface area contributed by atoms with Crippen LogP contribution in [0.5, 0.6) is 0 Å². The van der Waals surface area contributed by atoms with Gasteiger partial charge in [0.05, 0.1) is 12.4 Å². The van der Waals surface area contributed by atoms with Crippen molar-refractivity contribution in [3.8, 4) is 0 Å². The van der Waals surface area contributed by atoms with E-state index in [1.165, 1.54) is 11.8 Å². The van der Waals surface area contributed by atoms with E-state index in [9.17, 15) is 4.79 Å². The highest BCUT2D eigenvalue weighted by Gasteiger charge is 2.09. The molecule has 17 heavy (non-hydrogen) atoms. The molecule has 8 heteroatoms. The molecule has 2 N–H and O–H groups in total. The summed E-state index contributed by atoms with van der Waals surface area (Å²) in [6, 6.07) is 0. The number of nitrogens with zero attached hydrogens (tertiary/aromatic N) is 4. The Bertz CT molecular complexity index is 399. The van der Waals surface area contributed by atoms with Crippen LogP contribution in [0.2, 0.25) is 0 Å². The summed E-state index contributed by atoms with van der Waals surface area (Å²) in [7, 11) is 3.60. The summed E-state index contributed by atoms with van der Waals surface area (Å²) in [6.07, 6.45) is 0. The monoisotopic (exact) mass is 257 g/mol. The second-order valence-electron chi connectivity index (χ2n) is 3.26. The van der Waals surface area contributed by atoms with E-state index < -0.39 is 0 Å². The lowest BCUT2D eigenvalue weighted by atomic mass is 10.8. The molecule has 0 aliphatic rings. The van der Waals surface area contributed by atoms with Crippen LogP contribution in [0.1, 0.15) is 6.92 Å². The van der Waals surface area contributed by atoms with Gasteiger partial charge in [-0.2, -0.15) is 15.0 Å². The highest BCUT2D eigenvalue weighted by molar-refractivity contribution is 7.99. The SMILES string of the molecule is CCOC(=O)CSc1nc(N)nc(N(C)C)n1. The first-order valence-corrected chi connectivity index (χ1v) is 5.98. The van der Waals surface area contributed by atoms with Crippen LogP contribution in [0.4, 0.5) is 11.9 Å². The van der Waals surface area contributed by atoms with E-state index in [2.05, 4.69) is 15.0 Å². The molecule has 0 fully saturated rings. The predicted molar refractivity (Wildman–Crippen MR) is 65.9 cm³/mol. The van der Waals surface area contributed by atoms with E-state index in [0.717, 1.165) is 0 Å². The number of ether oxygens (including phenoxy) is 1. The van der Waals surface area contributed by atoms with Crippen LogP contribution < -0.4 is 10.6 Å². The second kappa shape index (κ2) is 6.24. The van der Waals surface area contributed by atoms with Crippen LogP contribution in [-0.4, -0.2) is 47.4 Å². The number of nitrogen functional groups attached to an aromatic ring is 1. The number of hydrogen-bond donors (Lipinski definition) is 1. The fourth-order valence-electron chi connectivity index (χ4n) is 0.952. The molecule has 0 radical (unpaired) electrons. The van der Waals surface area contributed by atoms with Gasteiger partial charge in [0.2, 0.25) is 11.9 Å². The zero-order chi connectivity index (χ0) is 12.8. The number of thioether (sulfide) groups is 1. The molecule has 0 aliphatic heterocycles. The van der Waals surface area contributed by atoms with Crippen molar-refractivity contribution in [1.82, 2.24) is 15.0 Å². The molecule has 0 aliphatic carbocycles. The van der Waals surface area contributed by atoms with Crippen molar-refractivity contribution in [2.75, 3.05) is 37.1 Å². The Kier molecular flexibility index (Phi) is 4.95. The summed E-state index contributed by atoms with van der Waals surface area (Å²) in [5.74, 6) is 0.450. The molecule has 0 aromatic carbocycles. The van der Waals surface area contributed by atoms with Gasteiger partial charge in [-0.25, -0.2) is 0 Å². The van der Waals surface area contributed by atoms with Gasteiger partial charge in [0, 0.05) is 14.1 Å². The van der Waals surface area contributed by atoms with Crippen molar-refractivity contribution in [2.45, 2.75) is 12.1 Å². The third-order valence-corrected chi connectivity index (χ3v) is 2.47. The molecule has 7 nitrogen and oxygen atoms in total. The largest absolute Gasteiger partial charge is 0.465 e. The highest BCUT2D eigenvalue weighted by Crippen LogP contribution is 2.16. The highest BCUT2D eigenvalue weighted by atomic mass is 32.2. The van der Waals surface area contributed by atoms with Crippen molar-refractivity contribution in [3.63, 3.8) is 0 Å². The standard InChI is InChI=1S/C9H15N5O2S/c1-4-16-6(15)5-17-9-12-7(10)11-8(13-9)14(2)3/h4-5H2,1-3H3,(H2,10,11,12,13). The summed E-state index contributed by atoms with van der Waals surface area (Å²) in [5.41, 5.74) is 5.54. The number of aromatic nitrogens is 3. The molecule has 1 rings (SSSR count). The zero-order valence-electron chi connectivity index (χ0n) is 10.0. The lowest BCUT2D eigenvalue weighted by Crippen LogP contribution is -2.15. The molecule has 0 saturated carbocycles. The Balaban J connectivity index is 2.68. The smallest absolute Gasteiger partial charge is 0.316 e. The Labute approximate surface area is 104 Å². The van der Waals surface area contributed by atoms with Crippen LogP contribution in [-0.2, 0) is 9.53 Å². The molecule has 94 valence electrons. The van der Waals surface area contributed by atoms with Gasteiger partial charge >= 0.3 is 5.97 Å². The summed E-state index contributed by atoms with van der Waals surface area (Å²) in [6.45, 7) is 2.12. The second-order valence-corrected chi connectivity index (χ2v) is 4.21. The Morgan fingerprint density at radius 1 is 1.41 bits per heavy atom. The van der Waals surface area contributed by atoms with E-state index in [4.69, 9.17) is 10.5 Å². The molecular formula is C9H15N5O2S. The summed E-state index contributed by atoms with van der Waals surface area (Å²) < 4.78 is 4.80. The molecule has 1 aromatic heterocycles. The van der Waals surface area contributed by atoms with Crippen molar-refractivity contribution in [1.29, 1.82) is 0 Å². The fraction of sp³-hybridized carbons (Fsp3) is 0.556. The van der Waals surface area contributed by atoms with Gasteiger partial charge in [-0.15, -0.1) is 0 Å². The van der Waals surface area contributed by atoms with Gasteiger partial charge in [0.25, 0.3) is 0 Å². The third-order valence-electron chi connectivity index (χ3n) is 1.64. The number of esters is 1. The minimum atomic E-state index is -0.303. The molecule has 1 aromatic rings. The van der Waals surface area contributed by atoms with E-state index in [-0.39, 0.29) is 17.7 Å². The predicted octanol–water partition coefficient (Wildman–Crippen LogP) is 0.175. The minimum Gasteiger partial charge on any atom is -0.465 e. The fourth-order valence-corrected chi connectivity index (χ4v) is 1.59. The van der Waals surface area contributed by atoms with E-state index in [0.29, 0.717) is 17.7 Å². The zero-order valence-corrected chi connectivity index (χ0v) is 10.8. The van der Waals surface area contributed by atoms with Gasteiger partial charge < -0.3 is 15.4 Å². The van der Waals surface area contributed by atoms with Crippen LogP contribution in [0.3, 0.4) is 0 Å². The lowest BCUT2D eigenvalue weighted by molar-refractivity contribution is -0.139. The van der Waals surface area contributed by atoms with Crippen molar-refractivity contribution in [3.05, 3.63) is 0 Å². The first-order valence-electron chi connectivity index (χ1n) is 5.00. The summed E-state index contributed by atoms with van der Waals surface area (Å²) in [4.78, 5) is 24.9. The normalized spacial score (nSPS) is 10.1. The summed E-state index contributed by atoms with van der Waals surface area (Å²) in [5, 5.41) is 0.411. The van der Waals surface area contributed by atoms with Gasteiger partial charge in [-0.1, -0.05) is 11.8 Å². The topological polar surface area (TPSA) is 94.2 Å². The van der Waals surface area contributed by atoms with Crippen molar-refractivity contribution < 1.29 is 9.53 Å². The maximum Gasteiger partial charge on any atom is 0.316 e. The molecule has 0 bridgehead atoms. The summed E-state index contributed by atoms with van der Waals surface area (Å²) >= 11 is 1.17. The average Bonchev–Trinajstić information content (AvgIpc) is 2.26. The Hall–Kier alpha value is -1.57. The van der Waals surface area contributed by atoms with Crippen LogP contribution in [0.15, 0.2) is 5.16 Å². The first kappa shape index (κ1) is 13.5. The maximum atomic E-state index is 11.2. The average molecular weight is 257 g/mol. The van der Waals surface area contributed by atoms with E-state index in [1.54, 1.807) is 25.9 Å². The Morgan fingerprint density at radius 2 is 2.12 bits per heavy atom. The van der Waals surface area contributed by atoms with Gasteiger partial charge in [-0.3, -0.25) is 4.79 Å². The number of nitrogens with two attached hydrogens (primary N) is 1.